The second-order valence-corrected chi connectivity index (χ2v) is 10.2. The Labute approximate surface area is 239 Å². The van der Waals surface area contributed by atoms with E-state index in [0.717, 1.165) is 19.4 Å². The molecule has 1 aliphatic rings. The maximum Gasteiger partial charge on any atom is 0.338 e. The normalized spacial score (nSPS) is 17.6. The lowest BCUT2D eigenvalue weighted by molar-refractivity contribution is 0.0192. The van der Waals surface area contributed by atoms with E-state index in [1.807, 2.05) is 13.8 Å². The Morgan fingerprint density at radius 3 is 2.37 bits per heavy atom. The van der Waals surface area contributed by atoms with E-state index in [4.69, 9.17) is 9.47 Å². The highest BCUT2D eigenvalue weighted by atomic mass is 16.5. The number of rotatable bonds is 9. The average Bonchev–Trinajstić information content (AvgIpc) is 3.21. The van der Waals surface area contributed by atoms with E-state index < -0.39 is 23.9 Å². The van der Waals surface area contributed by atoms with E-state index in [-0.39, 0.29) is 34.5 Å². The number of ether oxygens (including phenoxy) is 2. The van der Waals surface area contributed by atoms with Crippen LogP contribution in [0.4, 0.5) is 0 Å². The second kappa shape index (κ2) is 13.3. The summed E-state index contributed by atoms with van der Waals surface area (Å²) < 4.78 is 11.0. The van der Waals surface area contributed by atoms with Crippen LogP contribution in [0.3, 0.4) is 0 Å². The van der Waals surface area contributed by atoms with Crippen LogP contribution < -0.4 is 15.4 Å². The fraction of sp³-hybridized carbons (Fsp3) is 0.344. The van der Waals surface area contributed by atoms with Crippen LogP contribution in [0.5, 0.6) is 17.2 Å². The summed E-state index contributed by atoms with van der Waals surface area (Å²) in [5.74, 6) is -0.767. The van der Waals surface area contributed by atoms with Gasteiger partial charge in [0, 0.05) is 17.7 Å². The minimum atomic E-state index is -0.567. The predicted molar refractivity (Wildman–Crippen MR) is 154 cm³/mol. The molecule has 3 aromatic carbocycles. The van der Waals surface area contributed by atoms with Crippen molar-refractivity contribution < 1.29 is 34.1 Å². The van der Waals surface area contributed by atoms with Gasteiger partial charge in [0.25, 0.3) is 5.91 Å². The van der Waals surface area contributed by atoms with Crippen molar-refractivity contribution in [2.75, 3.05) is 20.2 Å². The fourth-order valence-electron chi connectivity index (χ4n) is 4.81. The average molecular weight is 561 g/mol. The number of carbonyl (C=O) groups is 3. The first-order valence-electron chi connectivity index (χ1n) is 13.8. The lowest BCUT2D eigenvalue weighted by atomic mass is 9.95. The molecule has 9 nitrogen and oxygen atoms in total. The maximum absolute atomic E-state index is 13.2. The molecule has 3 atom stereocenters. The molecule has 0 spiro atoms. The lowest BCUT2D eigenvalue weighted by Crippen LogP contribution is -2.49. The number of hydrogen-bond acceptors (Lipinski definition) is 8. The third-order valence-corrected chi connectivity index (χ3v) is 7.49. The summed E-state index contributed by atoms with van der Waals surface area (Å²) in [6, 6.07) is 14.8. The van der Waals surface area contributed by atoms with E-state index in [1.165, 1.54) is 49.6 Å². The Balaban J connectivity index is 1.46. The Hall–Kier alpha value is -4.37. The molecule has 1 aliphatic heterocycles. The quantitative estimate of drug-likeness (QED) is 0.221. The van der Waals surface area contributed by atoms with Gasteiger partial charge in [0.2, 0.25) is 0 Å². The number of phenolic OH excluding ortho intramolecular Hbond substituents is 2. The number of benzene rings is 3. The van der Waals surface area contributed by atoms with Gasteiger partial charge in [-0.3, -0.25) is 9.59 Å². The minimum absolute atomic E-state index is 0.0918. The van der Waals surface area contributed by atoms with Crippen molar-refractivity contribution >= 4 is 17.7 Å². The number of esters is 1. The summed E-state index contributed by atoms with van der Waals surface area (Å²) in [6.07, 6.45) is 1.58. The van der Waals surface area contributed by atoms with E-state index >= 15 is 0 Å². The molecule has 0 radical (unpaired) electrons. The van der Waals surface area contributed by atoms with E-state index in [1.54, 1.807) is 18.2 Å². The molecule has 0 saturated carbocycles. The molecular weight excluding hydrogens is 524 g/mol. The summed E-state index contributed by atoms with van der Waals surface area (Å²) in [5.41, 5.74) is 1.78. The highest BCUT2D eigenvalue weighted by Crippen LogP contribution is 2.29. The highest BCUT2D eigenvalue weighted by molar-refractivity contribution is 6.11. The van der Waals surface area contributed by atoms with Crippen LogP contribution in [0.25, 0.3) is 0 Å². The lowest BCUT2D eigenvalue weighted by Gasteiger charge is -2.26. The summed E-state index contributed by atoms with van der Waals surface area (Å²) in [6.45, 7) is 5.17. The summed E-state index contributed by atoms with van der Waals surface area (Å²) >= 11 is 0. The molecule has 9 heteroatoms. The topological polar surface area (TPSA) is 134 Å². The van der Waals surface area contributed by atoms with Crippen LogP contribution in [-0.4, -0.2) is 60.2 Å². The Morgan fingerprint density at radius 2 is 1.66 bits per heavy atom. The van der Waals surface area contributed by atoms with E-state index in [0.29, 0.717) is 35.4 Å². The third-order valence-electron chi connectivity index (χ3n) is 7.49. The molecule has 1 unspecified atom stereocenters. The van der Waals surface area contributed by atoms with Crippen molar-refractivity contribution in [1.29, 1.82) is 0 Å². The number of ketones is 1. The Bertz CT molecular complexity index is 1400. The molecule has 4 rings (SSSR count). The number of methoxy groups -OCH3 is 1. The molecule has 4 N–H and O–H groups in total. The minimum Gasteiger partial charge on any atom is -0.508 e. The first-order chi connectivity index (χ1) is 19.7. The number of hydrogen-bond donors (Lipinski definition) is 4. The Kier molecular flexibility index (Phi) is 9.62. The van der Waals surface area contributed by atoms with Gasteiger partial charge in [-0.2, -0.15) is 0 Å². The maximum atomic E-state index is 13.2. The van der Waals surface area contributed by atoms with Crippen molar-refractivity contribution in [1.82, 2.24) is 10.6 Å². The first kappa shape index (κ1) is 29.6. The van der Waals surface area contributed by atoms with Gasteiger partial charge >= 0.3 is 5.97 Å². The van der Waals surface area contributed by atoms with Gasteiger partial charge in [0.15, 0.2) is 5.78 Å². The number of phenols is 2. The number of amides is 1. The molecule has 1 saturated heterocycles. The van der Waals surface area contributed by atoms with Gasteiger partial charge in [0.05, 0.1) is 24.3 Å². The summed E-state index contributed by atoms with van der Waals surface area (Å²) in [4.78, 5) is 39.2. The molecule has 1 amide bonds. The van der Waals surface area contributed by atoms with Gasteiger partial charge < -0.3 is 30.3 Å². The zero-order valence-corrected chi connectivity index (χ0v) is 23.5. The van der Waals surface area contributed by atoms with E-state index in [9.17, 15) is 24.6 Å². The van der Waals surface area contributed by atoms with Gasteiger partial charge in [-0.15, -0.1) is 0 Å². The number of aromatic hydroxyl groups is 2. The van der Waals surface area contributed by atoms with Crippen molar-refractivity contribution in [3.63, 3.8) is 0 Å². The summed E-state index contributed by atoms with van der Waals surface area (Å²) in [5, 5.41) is 26.7. The smallest absolute Gasteiger partial charge is 0.338 e. The van der Waals surface area contributed by atoms with Gasteiger partial charge in [-0.1, -0.05) is 26.0 Å². The van der Waals surface area contributed by atoms with Crippen LogP contribution >= 0.6 is 0 Å². The largest absolute Gasteiger partial charge is 0.508 e. The monoisotopic (exact) mass is 560 g/mol. The zero-order chi connectivity index (χ0) is 29.5. The van der Waals surface area contributed by atoms with Crippen LogP contribution in [-0.2, 0) is 4.74 Å². The van der Waals surface area contributed by atoms with Crippen molar-refractivity contribution in [3.05, 3.63) is 88.5 Å². The highest BCUT2D eigenvalue weighted by Gasteiger charge is 2.29. The molecule has 0 aromatic heterocycles. The van der Waals surface area contributed by atoms with Crippen LogP contribution in [0.15, 0.2) is 60.7 Å². The van der Waals surface area contributed by atoms with Gasteiger partial charge in [-0.25, -0.2) is 4.79 Å². The van der Waals surface area contributed by atoms with Crippen LogP contribution in [0.2, 0.25) is 0 Å². The van der Waals surface area contributed by atoms with E-state index in [2.05, 4.69) is 10.6 Å². The Morgan fingerprint density at radius 1 is 0.976 bits per heavy atom. The molecule has 0 bridgehead atoms. The van der Waals surface area contributed by atoms with Gasteiger partial charge in [-0.05, 0) is 85.8 Å². The molecule has 3 aromatic rings. The standard InChI is InChI=1S/C32H36N2O7/c1-4-19(2)24-16-22(11-13-27(24)35)31(38)34-26-18-33-15-5-6-29(26)41-32(39)21-9-7-20(8-10-21)30(37)25-17-23(40-3)12-14-28(25)36/h7-14,16-17,19,26,29,33,35-36H,4-6,15,18H2,1-3H3,(H,34,38)/t19?,26-,29-/m1/s1. The molecule has 41 heavy (non-hydrogen) atoms. The molecule has 0 aliphatic carbocycles. The molecular formula is C32H36N2O7. The zero-order valence-electron chi connectivity index (χ0n) is 23.5. The second-order valence-electron chi connectivity index (χ2n) is 10.2. The molecule has 1 fully saturated rings. The third kappa shape index (κ3) is 7.05. The number of nitrogens with one attached hydrogen (secondary N) is 2. The van der Waals surface area contributed by atoms with Crippen molar-refractivity contribution in [3.8, 4) is 17.2 Å². The van der Waals surface area contributed by atoms with Crippen molar-refractivity contribution in [2.24, 2.45) is 0 Å². The first-order valence-corrected chi connectivity index (χ1v) is 13.8. The SMILES string of the molecule is CCC(C)c1cc(C(=O)N[C@@H]2CNCCC[C@H]2OC(=O)c2ccc(C(=O)c3cc(OC)ccc3O)cc2)ccc1O. The molecule has 216 valence electrons. The summed E-state index contributed by atoms with van der Waals surface area (Å²) in [7, 11) is 1.47. The molecule has 1 heterocycles. The predicted octanol–water partition coefficient (Wildman–Crippen LogP) is 4.56. The van der Waals surface area contributed by atoms with Crippen LogP contribution in [0.1, 0.15) is 81.2 Å². The van der Waals surface area contributed by atoms with Crippen LogP contribution in [0, 0.1) is 0 Å². The fourth-order valence-corrected chi connectivity index (χ4v) is 4.81. The van der Waals surface area contributed by atoms with Gasteiger partial charge in [0.1, 0.15) is 23.4 Å². The van der Waals surface area contributed by atoms with Crippen molar-refractivity contribution in [2.45, 2.75) is 51.2 Å². The number of carbonyl (C=O) groups excluding carboxylic acids is 3.